The summed E-state index contributed by atoms with van der Waals surface area (Å²) >= 11 is 1.46. The van der Waals surface area contributed by atoms with Gasteiger partial charge in [0.1, 0.15) is 0 Å². The molecule has 2 aromatic heterocycles. The summed E-state index contributed by atoms with van der Waals surface area (Å²) in [6.07, 6.45) is 3.91. The molecule has 0 radical (unpaired) electrons. The molecule has 3 heterocycles. The Morgan fingerprint density at radius 1 is 1.52 bits per heavy atom. The van der Waals surface area contributed by atoms with E-state index in [4.69, 9.17) is 0 Å². The average Bonchev–Trinajstić information content (AvgIpc) is 2.56. The van der Waals surface area contributed by atoms with Gasteiger partial charge in [0.2, 0.25) is 5.91 Å². The van der Waals surface area contributed by atoms with Crippen molar-refractivity contribution >= 4 is 23.4 Å². The molecule has 1 atom stereocenters. The number of pyridine rings is 1. The molecule has 3 rings (SSSR count). The molecule has 1 amide bonds. The third kappa shape index (κ3) is 3.14. The summed E-state index contributed by atoms with van der Waals surface area (Å²) in [5.41, 5.74) is 2.15. The van der Waals surface area contributed by atoms with E-state index in [1.807, 2.05) is 13.8 Å². The van der Waals surface area contributed by atoms with Crippen LogP contribution in [0.4, 0.5) is 5.69 Å². The molecular formula is C16H18N4O2S. The molecule has 0 aliphatic carbocycles. The van der Waals surface area contributed by atoms with E-state index < -0.39 is 0 Å². The lowest BCUT2D eigenvalue weighted by atomic mass is 10.1. The molecule has 6 nitrogen and oxygen atoms in total. The first-order valence-electron chi connectivity index (χ1n) is 7.54. The van der Waals surface area contributed by atoms with Gasteiger partial charge < -0.3 is 5.32 Å². The summed E-state index contributed by atoms with van der Waals surface area (Å²) in [6.45, 7) is 4.18. The van der Waals surface area contributed by atoms with Crippen molar-refractivity contribution in [3.63, 3.8) is 0 Å². The number of nitrogens with one attached hydrogen (secondary N) is 1. The molecule has 0 fully saturated rings. The van der Waals surface area contributed by atoms with Crippen LogP contribution in [0, 0.1) is 12.8 Å². The Labute approximate surface area is 138 Å². The van der Waals surface area contributed by atoms with Crippen LogP contribution >= 0.6 is 11.8 Å². The van der Waals surface area contributed by atoms with Gasteiger partial charge in [0.05, 0.1) is 17.8 Å². The van der Waals surface area contributed by atoms with Crippen LogP contribution in [-0.2, 0) is 17.8 Å². The SMILES string of the molecule is CCc1c(C)nc2n(c1=O)CC(C(=O)Nc1cccnc1)CS2. The fraction of sp³-hybridized carbons (Fsp3) is 0.375. The zero-order valence-electron chi connectivity index (χ0n) is 13.1. The zero-order chi connectivity index (χ0) is 16.4. The lowest BCUT2D eigenvalue weighted by Gasteiger charge is -2.25. The average molecular weight is 330 g/mol. The van der Waals surface area contributed by atoms with Crippen LogP contribution in [0.3, 0.4) is 0 Å². The molecule has 7 heteroatoms. The standard InChI is InChI=1S/C16H18N4O2S/c1-3-13-10(2)18-16-20(15(13)22)8-11(9-23-16)14(21)19-12-5-4-6-17-7-12/h4-7,11H,3,8-9H2,1-2H3,(H,19,21). The predicted molar refractivity (Wildman–Crippen MR) is 89.7 cm³/mol. The number of aromatic nitrogens is 3. The predicted octanol–water partition coefficient (Wildman–Crippen LogP) is 1.87. The highest BCUT2D eigenvalue weighted by Gasteiger charge is 2.28. The van der Waals surface area contributed by atoms with Gasteiger partial charge in [0.25, 0.3) is 5.56 Å². The second kappa shape index (κ2) is 6.54. The summed E-state index contributed by atoms with van der Waals surface area (Å²) in [4.78, 5) is 33.5. The number of rotatable bonds is 3. The van der Waals surface area contributed by atoms with Crippen LogP contribution in [0.5, 0.6) is 0 Å². The minimum absolute atomic E-state index is 0.0265. The van der Waals surface area contributed by atoms with Crippen molar-refractivity contribution < 1.29 is 4.79 Å². The summed E-state index contributed by atoms with van der Waals surface area (Å²) in [7, 11) is 0. The summed E-state index contributed by atoms with van der Waals surface area (Å²) in [5, 5.41) is 3.56. The molecule has 120 valence electrons. The van der Waals surface area contributed by atoms with Gasteiger partial charge >= 0.3 is 0 Å². The Hall–Kier alpha value is -2.15. The van der Waals surface area contributed by atoms with Crippen molar-refractivity contribution in [2.24, 2.45) is 5.92 Å². The molecule has 1 N–H and O–H groups in total. The molecule has 1 unspecified atom stereocenters. The van der Waals surface area contributed by atoms with E-state index in [0.717, 1.165) is 11.3 Å². The van der Waals surface area contributed by atoms with E-state index in [1.165, 1.54) is 11.8 Å². The molecule has 0 saturated carbocycles. The first-order chi connectivity index (χ1) is 11.1. The van der Waals surface area contributed by atoms with E-state index in [-0.39, 0.29) is 17.4 Å². The van der Waals surface area contributed by atoms with Crippen molar-refractivity contribution in [2.45, 2.75) is 32.0 Å². The third-order valence-electron chi connectivity index (χ3n) is 3.90. The molecule has 0 saturated heterocycles. The Bertz CT molecular complexity index is 789. The number of nitrogens with zero attached hydrogens (tertiary/aromatic N) is 3. The maximum Gasteiger partial charge on any atom is 0.257 e. The van der Waals surface area contributed by atoms with Crippen molar-refractivity contribution in [1.29, 1.82) is 0 Å². The van der Waals surface area contributed by atoms with Crippen molar-refractivity contribution in [2.75, 3.05) is 11.1 Å². The Morgan fingerprint density at radius 2 is 2.35 bits per heavy atom. The lowest BCUT2D eigenvalue weighted by molar-refractivity contribution is -0.119. The number of aryl methyl sites for hydroxylation is 1. The second-order valence-electron chi connectivity index (χ2n) is 5.47. The van der Waals surface area contributed by atoms with Crippen molar-refractivity contribution in [1.82, 2.24) is 14.5 Å². The molecule has 23 heavy (non-hydrogen) atoms. The first kappa shape index (κ1) is 15.7. The van der Waals surface area contributed by atoms with E-state index in [9.17, 15) is 9.59 Å². The van der Waals surface area contributed by atoms with E-state index in [2.05, 4.69) is 15.3 Å². The second-order valence-corrected chi connectivity index (χ2v) is 6.45. The molecule has 2 aromatic rings. The number of fused-ring (bicyclic) bond motifs is 1. The van der Waals surface area contributed by atoms with Gasteiger partial charge in [-0.15, -0.1) is 0 Å². The minimum atomic E-state index is -0.264. The molecule has 0 spiro atoms. The van der Waals surface area contributed by atoms with Crippen LogP contribution in [0.25, 0.3) is 0 Å². The Kier molecular flexibility index (Phi) is 4.47. The van der Waals surface area contributed by atoms with Gasteiger partial charge in [0.15, 0.2) is 5.16 Å². The number of hydrogen-bond acceptors (Lipinski definition) is 5. The monoisotopic (exact) mass is 330 g/mol. The topological polar surface area (TPSA) is 76.9 Å². The maximum atomic E-state index is 12.6. The maximum absolute atomic E-state index is 12.6. The first-order valence-corrected chi connectivity index (χ1v) is 8.52. The zero-order valence-corrected chi connectivity index (χ0v) is 13.9. The number of carbonyl (C=O) groups excluding carboxylic acids is 1. The van der Waals surface area contributed by atoms with Crippen LogP contribution in [0.15, 0.2) is 34.5 Å². The highest BCUT2D eigenvalue weighted by Crippen LogP contribution is 2.26. The van der Waals surface area contributed by atoms with Crippen molar-refractivity contribution in [3.8, 4) is 0 Å². The fourth-order valence-electron chi connectivity index (χ4n) is 2.64. The fourth-order valence-corrected chi connectivity index (χ4v) is 3.76. The lowest BCUT2D eigenvalue weighted by Crippen LogP contribution is -2.38. The van der Waals surface area contributed by atoms with E-state index >= 15 is 0 Å². The molecule has 1 aliphatic rings. The van der Waals surface area contributed by atoms with Gasteiger partial charge in [0, 0.05) is 29.8 Å². The van der Waals surface area contributed by atoms with Crippen LogP contribution in [-0.4, -0.2) is 26.2 Å². The number of thioether (sulfide) groups is 1. The van der Waals surface area contributed by atoms with E-state index in [0.29, 0.717) is 29.6 Å². The van der Waals surface area contributed by atoms with Crippen LogP contribution in [0.1, 0.15) is 18.2 Å². The van der Waals surface area contributed by atoms with Gasteiger partial charge in [-0.25, -0.2) is 4.98 Å². The van der Waals surface area contributed by atoms with Crippen LogP contribution in [0.2, 0.25) is 0 Å². The smallest absolute Gasteiger partial charge is 0.257 e. The number of hydrogen-bond donors (Lipinski definition) is 1. The Morgan fingerprint density at radius 3 is 3.04 bits per heavy atom. The van der Waals surface area contributed by atoms with E-state index in [1.54, 1.807) is 29.1 Å². The van der Waals surface area contributed by atoms with Gasteiger partial charge in [-0.05, 0) is 25.5 Å². The quantitative estimate of drug-likeness (QED) is 0.870. The normalized spacial score (nSPS) is 16.7. The summed E-state index contributed by atoms with van der Waals surface area (Å²) < 4.78 is 1.63. The molecule has 0 bridgehead atoms. The summed E-state index contributed by atoms with van der Waals surface area (Å²) in [6, 6.07) is 3.56. The molecule has 0 aromatic carbocycles. The molecule has 1 aliphatic heterocycles. The summed E-state index contributed by atoms with van der Waals surface area (Å²) in [5.74, 6) is 0.255. The van der Waals surface area contributed by atoms with Gasteiger partial charge in [-0.3, -0.25) is 19.1 Å². The third-order valence-corrected chi connectivity index (χ3v) is 5.04. The molecular weight excluding hydrogens is 312 g/mol. The highest BCUT2D eigenvalue weighted by molar-refractivity contribution is 7.99. The number of anilines is 1. The highest BCUT2D eigenvalue weighted by atomic mass is 32.2. The largest absolute Gasteiger partial charge is 0.324 e. The number of carbonyl (C=O) groups is 1. The number of amides is 1. The van der Waals surface area contributed by atoms with Gasteiger partial charge in [-0.2, -0.15) is 0 Å². The van der Waals surface area contributed by atoms with Crippen molar-refractivity contribution in [3.05, 3.63) is 46.1 Å². The minimum Gasteiger partial charge on any atom is -0.324 e. The Balaban J connectivity index is 1.82. The van der Waals surface area contributed by atoms with Gasteiger partial charge in [-0.1, -0.05) is 18.7 Å². The van der Waals surface area contributed by atoms with Crippen LogP contribution < -0.4 is 10.9 Å².